The third kappa shape index (κ3) is 2.76. The Labute approximate surface area is 107 Å². The van der Waals surface area contributed by atoms with Crippen molar-refractivity contribution in [1.29, 1.82) is 0 Å². The van der Waals surface area contributed by atoms with E-state index in [2.05, 4.69) is 0 Å². The Bertz CT molecular complexity index is 387. The molecule has 2 rings (SSSR count). The van der Waals surface area contributed by atoms with Crippen molar-refractivity contribution in [3.8, 4) is 11.5 Å². The van der Waals surface area contributed by atoms with E-state index in [1.807, 2.05) is 18.2 Å². The highest BCUT2D eigenvalue weighted by molar-refractivity contribution is 5.42. The van der Waals surface area contributed by atoms with Crippen molar-refractivity contribution < 1.29 is 19.3 Å². The Balaban J connectivity index is 2.17. The first-order chi connectivity index (χ1) is 8.78. The first-order valence-electron chi connectivity index (χ1n) is 6.19. The van der Waals surface area contributed by atoms with Gasteiger partial charge in [0.1, 0.15) is 11.5 Å². The summed E-state index contributed by atoms with van der Waals surface area (Å²) < 4.78 is 15.7. The van der Waals surface area contributed by atoms with Crippen LogP contribution in [0.3, 0.4) is 0 Å². The van der Waals surface area contributed by atoms with Crippen molar-refractivity contribution >= 4 is 0 Å². The van der Waals surface area contributed by atoms with Gasteiger partial charge in [-0.15, -0.1) is 0 Å². The Hall–Kier alpha value is -1.26. The van der Waals surface area contributed by atoms with Gasteiger partial charge in [0.25, 0.3) is 0 Å². The second kappa shape index (κ2) is 6.07. The Morgan fingerprint density at radius 2 is 2.11 bits per heavy atom. The fourth-order valence-corrected chi connectivity index (χ4v) is 2.28. The molecule has 0 aliphatic carbocycles. The highest BCUT2D eigenvalue weighted by atomic mass is 16.5. The van der Waals surface area contributed by atoms with Gasteiger partial charge >= 0.3 is 0 Å². The van der Waals surface area contributed by atoms with Crippen molar-refractivity contribution in [3.63, 3.8) is 0 Å². The van der Waals surface area contributed by atoms with E-state index in [1.54, 1.807) is 14.2 Å². The van der Waals surface area contributed by atoms with E-state index in [0.29, 0.717) is 5.92 Å². The van der Waals surface area contributed by atoms with Crippen LogP contribution < -0.4 is 9.47 Å². The van der Waals surface area contributed by atoms with Crippen LogP contribution in [0.5, 0.6) is 11.5 Å². The van der Waals surface area contributed by atoms with E-state index < -0.39 is 0 Å². The zero-order valence-corrected chi connectivity index (χ0v) is 10.9. The Morgan fingerprint density at radius 1 is 1.33 bits per heavy atom. The highest BCUT2D eigenvalue weighted by Crippen LogP contribution is 2.35. The molecule has 100 valence electrons. The number of benzene rings is 1. The van der Waals surface area contributed by atoms with Crippen LogP contribution in [0.25, 0.3) is 0 Å². The van der Waals surface area contributed by atoms with Crippen LogP contribution in [-0.2, 0) is 4.74 Å². The molecule has 0 spiro atoms. The molecule has 1 fully saturated rings. The number of aliphatic hydroxyl groups is 1. The average Bonchev–Trinajstić information content (AvgIpc) is 2.37. The smallest absolute Gasteiger partial charge is 0.126 e. The van der Waals surface area contributed by atoms with Crippen LogP contribution in [-0.4, -0.2) is 39.1 Å². The van der Waals surface area contributed by atoms with Gasteiger partial charge in [0.2, 0.25) is 0 Å². The molecule has 1 unspecified atom stereocenters. The summed E-state index contributed by atoms with van der Waals surface area (Å²) in [5.41, 5.74) is 1.03. The molecule has 1 aliphatic rings. The summed E-state index contributed by atoms with van der Waals surface area (Å²) in [6.07, 6.45) is 0.930. The van der Waals surface area contributed by atoms with E-state index in [1.165, 1.54) is 0 Å². The maximum Gasteiger partial charge on any atom is 0.126 e. The molecule has 0 radical (unpaired) electrons. The van der Waals surface area contributed by atoms with Crippen LogP contribution in [0, 0.1) is 5.92 Å². The summed E-state index contributed by atoms with van der Waals surface area (Å²) >= 11 is 0. The molecule has 0 saturated carbocycles. The Kier molecular flexibility index (Phi) is 4.44. The maximum atomic E-state index is 9.57. The molecule has 1 aromatic carbocycles. The minimum Gasteiger partial charge on any atom is -0.497 e. The molecule has 0 bridgehead atoms. The standard InChI is InChI=1S/C14H20O4/c1-16-12-3-4-13(14(6-12)17-2)11(7-15)5-10-8-18-9-10/h3-4,6,10-11,15H,5,7-9H2,1-2H3. The minimum atomic E-state index is 0.0970. The lowest BCUT2D eigenvalue weighted by atomic mass is 9.88. The van der Waals surface area contributed by atoms with Gasteiger partial charge in [-0.1, -0.05) is 6.07 Å². The minimum absolute atomic E-state index is 0.0970. The van der Waals surface area contributed by atoms with Crippen molar-refractivity contribution in [2.45, 2.75) is 12.3 Å². The number of hydrogen-bond donors (Lipinski definition) is 1. The number of methoxy groups -OCH3 is 2. The summed E-state index contributed by atoms with van der Waals surface area (Å²) in [6, 6.07) is 5.73. The van der Waals surface area contributed by atoms with Crippen molar-refractivity contribution in [2.75, 3.05) is 34.0 Å². The molecular formula is C14H20O4. The van der Waals surface area contributed by atoms with Crippen LogP contribution in [0.1, 0.15) is 17.9 Å². The number of aliphatic hydroxyl groups excluding tert-OH is 1. The molecule has 0 aromatic heterocycles. The van der Waals surface area contributed by atoms with Crippen molar-refractivity contribution in [1.82, 2.24) is 0 Å². The van der Waals surface area contributed by atoms with E-state index in [9.17, 15) is 5.11 Å². The first kappa shape index (κ1) is 13.2. The zero-order chi connectivity index (χ0) is 13.0. The molecule has 1 heterocycles. The molecule has 1 N–H and O–H groups in total. The summed E-state index contributed by atoms with van der Waals surface area (Å²) in [6.45, 7) is 1.73. The fourth-order valence-electron chi connectivity index (χ4n) is 2.28. The Morgan fingerprint density at radius 3 is 2.61 bits per heavy atom. The van der Waals surface area contributed by atoms with Crippen molar-refractivity contribution in [3.05, 3.63) is 23.8 Å². The van der Waals surface area contributed by atoms with Gasteiger partial charge in [0.15, 0.2) is 0 Å². The predicted octanol–water partition coefficient (Wildman–Crippen LogP) is 1.82. The van der Waals surface area contributed by atoms with Crippen LogP contribution >= 0.6 is 0 Å². The zero-order valence-electron chi connectivity index (χ0n) is 10.9. The van der Waals surface area contributed by atoms with E-state index in [-0.39, 0.29) is 12.5 Å². The van der Waals surface area contributed by atoms with Gasteiger partial charge in [-0.2, -0.15) is 0 Å². The SMILES string of the molecule is COc1ccc(C(CO)CC2COC2)c(OC)c1. The van der Waals surface area contributed by atoms with Crippen LogP contribution in [0.4, 0.5) is 0 Å². The molecule has 1 saturated heterocycles. The van der Waals surface area contributed by atoms with Crippen LogP contribution in [0.2, 0.25) is 0 Å². The third-order valence-corrected chi connectivity index (χ3v) is 3.43. The third-order valence-electron chi connectivity index (χ3n) is 3.43. The fraction of sp³-hybridized carbons (Fsp3) is 0.571. The molecule has 4 heteroatoms. The second-order valence-electron chi connectivity index (χ2n) is 4.63. The van der Waals surface area contributed by atoms with E-state index >= 15 is 0 Å². The lowest BCUT2D eigenvalue weighted by molar-refractivity contribution is -0.0406. The molecule has 4 nitrogen and oxygen atoms in total. The number of rotatable bonds is 6. The van der Waals surface area contributed by atoms with Gasteiger partial charge < -0.3 is 19.3 Å². The summed E-state index contributed by atoms with van der Waals surface area (Å²) in [5, 5.41) is 9.57. The molecule has 1 aromatic rings. The molecule has 1 aliphatic heterocycles. The lowest BCUT2D eigenvalue weighted by Gasteiger charge is -2.29. The van der Waals surface area contributed by atoms with Gasteiger partial charge in [-0.25, -0.2) is 0 Å². The average molecular weight is 252 g/mol. The summed E-state index contributed by atoms with van der Waals surface area (Å²) in [7, 11) is 3.27. The highest BCUT2D eigenvalue weighted by Gasteiger charge is 2.25. The van der Waals surface area contributed by atoms with E-state index in [4.69, 9.17) is 14.2 Å². The van der Waals surface area contributed by atoms with Gasteiger partial charge in [-0.05, 0) is 18.1 Å². The molecule has 0 amide bonds. The normalized spacial score (nSPS) is 17.1. The van der Waals surface area contributed by atoms with Crippen LogP contribution in [0.15, 0.2) is 18.2 Å². The van der Waals surface area contributed by atoms with Gasteiger partial charge in [0.05, 0.1) is 34.0 Å². The van der Waals surface area contributed by atoms with Crippen molar-refractivity contribution in [2.24, 2.45) is 5.92 Å². The van der Waals surface area contributed by atoms with Gasteiger partial charge in [-0.3, -0.25) is 0 Å². The number of ether oxygens (including phenoxy) is 3. The molecular weight excluding hydrogens is 232 g/mol. The topological polar surface area (TPSA) is 47.9 Å². The monoisotopic (exact) mass is 252 g/mol. The summed E-state index contributed by atoms with van der Waals surface area (Å²) in [5.74, 6) is 2.18. The van der Waals surface area contributed by atoms with Gasteiger partial charge in [0, 0.05) is 17.9 Å². The lowest BCUT2D eigenvalue weighted by Crippen LogP contribution is -2.29. The molecule has 1 atom stereocenters. The largest absolute Gasteiger partial charge is 0.497 e. The predicted molar refractivity (Wildman–Crippen MR) is 68.3 cm³/mol. The van der Waals surface area contributed by atoms with E-state index in [0.717, 1.165) is 36.7 Å². The maximum absolute atomic E-state index is 9.57. The molecule has 18 heavy (non-hydrogen) atoms. The summed E-state index contributed by atoms with van der Waals surface area (Å²) in [4.78, 5) is 0. The quantitative estimate of drug-likeness (QED) is 0.839. The first-order valence-corrected chi connectivity index (χ1v) is 6.19. The number of hydrogen-bond acceptors (Lipinski definition) is 4. The second-order valence-corrected chi connectivity index (χ2v) is 4.63.